The Hall–Kier alpha value is -3.73. The number of piperazine rings is 1. The summed E-state index contributed by atoms with van der Waals surface area (Å²) in [7, 11) is 0. The lowest BCUT2D eigenvalue weighted by Gasteiger charge is -2.34. The van der Waals surface area contributed by atoms with E-state index < -0.39 is 11.4 Å². The molecule has 42 heavy (non-hydrogen) atoms. The molecule has 1 N–H and O–H groups in total. The van der Waals surface area contributed by atoms with Crippen LogP contribution < -0.4 is 5.32 Å². The molecule has 4 rings (SSSR count). The number of hydrogen-bond donors (Lipinski definition) is 1. The molecular weight excluding hydrogens is 538 g/mol. The summed E-state index contributed by atoms with van der Waals surface area (Å²) in [6.45, 7) is 12.1. The molecular formula is C31H43N5O6. The van der Waals surface area contributed by atoms with Gasteiger partial charge in [-0.05, 0) is 50.5 Å². The molecule has 3 amide bonds. The molecule has 0 aliphatic carbocycles. The number of aromatic nitrogens is 2. The predicted molar refractivity (Wildman–Crippen MR) is 156 cm³/mol. The van der Waals surface area contributed by atoms with Gasteiger partial charge in [0.15, 0.2) is 0 Å². The molecule has 1 aromatic carbocycles. The van der Waals surface area contributed by atoms with Gasteiger partial charge < -0.3 is 24.6 Å². The normalized spacial score (nSPS) is 16.7. The first-order valence-corrected chi connectivity index (χ1v) is 14.9. The zero-order valence-corrected chi connectivity index (χ0v) is 25.2. The molecule has 2 aliphatic rings. The third-order valence-electron chi connectivity index (χ3n) is 7.73. The number of fused-ring (bicyclic) bond motifs is 1. The van der Waals surface area contributed by atoms with Gasteiger partial charge in [-0.25, -0.2) is 4.79 Å². The van der Waals surface area contributed by atoms with Crippen LogP contribution in [0.15, 0.2) is 24.3 Å². The first-order valence-electron chi connectivity index (χ1n) is 14.9. The number of amides is 3. The number of carbonyl (C=O) groups is 4. The van der Waals surface area contributed by atoms with Gasteiger partial charge in [-0.15, -0.1) is 0 Å². The molecule has 0 saturated carbocycles. The lowest BCUT2D eigenvalue weighted by Crippen LogP contribution is -2.50. The topological polar surface area (TPSA) is 123 Å². The van der Waals surface area contributed by atoms with Crippen molar-refractivity contribution in [3.63, 3.8) is 0 Å². The highest BCUT2D eigenvalue weighted by Crippen LogP contribution is 2.27. The van der Waals surface area contributed by atoms with Crippen LogP contribution in [0.3, 0.4) is 0 Å². The fourth-order valence-electron chi connectivity index (χ4n) is 5.35. The first-order chi connectivity index (χ1) is 20.1. The molecule has 1 aromatic heterocycles. The van der Waals surface area contributed by atoms with E-state index in [4.69, 9.17) is 14.6 Å². The van der Waals surface area contributed by atoms with Crippen molar-refractivity contribution in [1.82, 2.24) is 24.9 Å². The number of nitrogens with zero attached hydrogens (tertiary/aromatic N) is 4. The van der Waals surface area contributed by atoms with Gasteiger partial charge in [-0.3, -0.25) is 19.1 Å². The number of nitrogens with one attached hydrogen (secondary N) is 1. The minimum Gasteiger partial charge on any atom is -0.462 e. The number of carbonyl (C=O) groups excluding carboxylic acids is 4. The van der Waals surface area contributed by atoms with E-state index in [0.717, 1.165) is 24.1 Å². The number of hydrogen-bond acceptors (Lipinski definition) is 7. The van der Waals surface area contributed by atoms with Gasteiger partial charge in [0, 0.05) is 82.4 Å². The van der Waals surface area contributed by atoms with Crippen molar-refractivity contribution in [2.45, 2.75) is 59.9 Å². The maximum absolute atomic E-state index is 13.0. The van der Waals surface area contributed by atoms with E-state index in [1.807, 2.05) is 20.8 Å². The Morgan fingerprint density at radius 3 is 2.31 bits per heavy atom. The standard InChI is InChI=1S/C31H43N5O6/c1-5-36-27-25(8-6-18-41-19-7-13-32-28(27)38)26(33-36)20-31(3,4)21-42-30(40)24-11-9-23(10-12-24)29(39)35-16-14-34(15-17-35)22(2)37/h9-12H,5-8,13-21H2,1-4H3,(H,32,38). The Labute approximate surface area is 247 Å². The summed E-state index contributed by atoms with van der Waals surface area (Å²) in [5.41, 5.74) is 2.80. The van der Waals surface area contributed by atoms with Crippen molar-refractivity contribution in [3.8, 4) is 0 Å². The molecule has 2 aliphatic heterocycles. The average molecular weight is 582 g/mol. The summed E-state index contributed by atoms with van der Waals surface area (Å²) in [6, 6.07) is 6.49. The Morgan fingerprint density at radius 1 is 1.00 bits per heavy atom. The van der Waals surface area contributed by atoms with Crippen LogP contribution in [-0.2, 0) is 33.7 Å². The van der Waals surface area contributed by atoms with Crippen LogP contribution in [0.4, 0.5) is 0 Å². The van der Waals surface area contributed by atoms with E-state index in [0.29, 0.717) is 82.1 Å². The molecule has 0 radical (unpaired) electrons. The second kappa shape index (κ2) is 14.0. The quantitative estimate of drug-likeness (QED) is 0.499. The van der Waals surface area contributed by atoms with Crippen molar-refractivity contribution in [3.05, 3.63) is 52.3 Å². The summed E-state index contributed by atoms with van der Waals surface area (Å²) >= 11 is 0. The van der Waals surface area contributed by atoms with Crippen LogP contribution in [0.25, 0.3) is 0 Å². The van der Waals surface area contributed by atoms with Crippen LogP contribution in [0, 0.1) is 5.41 Å². The molecule has 0 bridgehead atoms. The monoisotopic (exact) mass is 581 g/mol. The third-order valence-corrected chi connectivity index (χ3v) is 7.73. The smallest absolute Gasteiger partial charge is 0.338 e. The predicted octanol–water partition coefficient (Wildman–Crippen LogP) is 2.72. The van der Waals surface area contributed by atoms with E-state index in [-0.39, 0.29) is 24.3 Å². The Morgan fingerprint density at radius 2 is 1.64 bits per heavy atom. The molecule has 2 aromatic rings. The van der Waals surface area contributed by atoms with Crippen molar-refractivity contribution in [2.75, 3.05) is 52.5 Å². The molecule has 11 heteroatoms. The molecule has 0 atom stereocenters. The van der Waals surface area contributed by atoms with Crippen LogP contribution >= 0.6 is 0 Å². The Kier molecular flexibility index (Phi) is 10.4. The SMILES string of the molecule is CCn1nc(CC(C)(C)COC(=O)c2ccc(C(=O)N3CCN(C(C)=O)CC3)cc2)c2c1C(=O)NCCCOCCC2. The lowest BCUT2D eigenvalue weighted by atomic mass is 9.86. The summed E-state index contributed by atoms with van der Waals surface area (Å²) in [5, 5.41) is 7.79. The van der Waals surface area contributed by atoms with E-state index >= 15 is 0 Å². The molecule has 0 spiro atoms. The van der Waals surface area contributed by atoms with E-state index in [1.165, 1.54) is 6.92 Å². The van der Waals surface area contributed by atoms with Gasteiger partial charge in [0.05, 0.1) is 17.9 Å². The maximum Gasteiger partial charge on any atom is 0.338 e. The maximum atomic E-state index is 13.0. The van der Waals surface area contributed by atoms with Gasteiger partial charge in [0.25, 0.3) is 11.8 Å². The van der Waals surface area contributed by atoms with Crippen LogP contribution in [-0.4, -0.2) is 95.8 Å². The number of benzene rings is 1. The Bertz CT molecular complexity index is 1280. The van der Waals surface area contributed by atoms with Crippen LogP contribution in [0.2, 0.25) is 0 Å². The Balaban J connectivity index is 1.37. The molecule has 0 unspecified atom stereocenters. The fourth-order valence-corrected chi connectivity index (χ4v) is 5.35. The molecule has 228 valence electrons. The summed E-state index contributed by atoms with van der Waals surface area (Å²) < 4.78 is 13.2. The van der Waals surface area contributed by atoms with Gasteiger partial charge in [-0.2, -0.15) is 5.10 Å². The van der Waals surface area contributed by atoms with Crippen LogP contribution in [0.5, 0.6) is 0 Å². The number of aryl methyl sites for hydroxylation is 1. The van der Waals surface area contributed by atoms with E-state index in [1.54, 1.807) is 38.7 Å². The third kappa shape index (κ3) is 7.76. The highest BCUT2D eigenvalue weighted by molar-refractivity contribution is 5.96. The molecule has 11 nitrogen and oxygen atoms in total. The second-order valence-electron chi connectivity index (χ2n) is 11.7. The number of esters is 1. The van der Waals surface area contributed by atoms with Gasteiger partial charge in [0.1, 0.15) is 5.69 Å². The lowest BCUT2D eigenvalue weighted by molar-refractivity contribution is -0.130. The molecule has 3 heterocycles. The highest BCUT2D eigenvalue weighted by atomic mass is 16.5. The number of rotatable bonds is 7. The van der Waals surface area contributed by atoms with Crippen LogP contribution in [0.1, 0.15) is 83.0 Å². The molecule has 1 saturated heterocycles. The summed E-state index contributed by atoms with van der Waals surface area (Å²) in [6.07, 6.45) is 2.79. The highest BCUT2D eigenvalue weighted by Gasteiger charge is 2.29. The van der Waals surface area contributed by atoms with Crippen molar-refractivity contribution < 1.29 is 28.7 Å². The van der Waals surface area contributed by atoms with E-state index in [9.17, 15) is 19.2 Å². The number of ether oxygens (including phenoxy) is 2. The summed E-state index contributed by atoms with van der Waals surface area (Å²) in [4.78, 5) is 53.8. The van der Waals surface area contributed by atoms with Crippen molar-refractivity contribution >= 4 is 23.7 Å². The van der Waals surface area contributed by atoms with Gasteiger partial charge in [0.2, 0.25) is 5.91 Å². The largest absolute Gasteiger partial charge is 0.462 e. The van der Waals surface area contributed by atoms with Gasteiger partial charge in [-0.1, -0.05) is 13.8 Å². The van der Waals surface area contributed by atoms with Gasteiger partial charge >= 0.3 is 5.97 Å². The second-order valence-corrected chi connectivity index (χ2v) is 11.7. The zero-order chi connectivity index (χ0) is 30.3. The fraction of sp³-hybridized carbons (Fsp3) is 0.581. The first kappa shape index (κ1) is 31.2. The molecule has 1 fully saturated rings. The minimum absolute atomic E-state index is 0.0117. The minimum atomic E-state index is -0.466. The van der Waals surface area contributed by atoms with E-state index in [2.05, 4.69) is 5.32 Å². The zero-order valence-electron chi connectivity index (χ0n) is 25.2. The average Bonchev–Trinajstić information content (AvgIpc) is 3.31. The van der Waals surface area contributed by atoms with Crippen molar-refractivity contribution in [2.24, 2.45) is 5.41 Å². The summed E-state index contributed by atoms with van der Waals surface area (Å²) in [5.74, 6) is -0.690. The van der Waals surface area contributed by atoms with Crippen molar-refractivity contribution in [1.29, 1.82) is 0 Å².